The first kappa shape index (κ1) is 17.5. The third kappa shape index (κ3) is 4.32. The number of carbonyl (C=O) groups is 2. The summed E-state index contributed by atoms with van der Waals surface area (Å²) in [6.45, 7) is 6.15. The van der Waals surface area contributed by atoms with Crippen molar-refractivity contribution >= 4 is 23.6 Å². The van der Waals surface area contributed by atoms with Crippen molar-refractivity contribution in [1.29, 1.82) is 0 Å². The Hall–Kier alpha value is -2.88. The Balaban J connectivity index is 2.11. The molecule has 0 saturated carbocycles. The van der Waals surface area contributed by atoms with Gasteiger partial charge in [0.15, 0.2) is 0 Å². The number of hydrogen-bond donors (Lipinski definition) is 2. The molecule has 0 heterocycles. The van der Waals surface area contributed by atoms with Crippen LogP contribution in [-0.2, 0) is 4.79 Å². The van der Waals surface area contributed by atoms with Gasteiger partial charge in [0.2, 0.25) is 5.91 Å². The molecule has 0 aromatic heterocycles. The van der Waals surface area contributed by atoms with Gasteiger partial charge in [-0.3, -0.25) is 9.59 Å². The summed E-state index contributed by atoms with van der Waals surface area (Å²) in [6.07, 6.45) is 3.31. The molecule has 0 unspecified atom stereocenters. The quantitative estimate of drug-likeness (QED) is 0.845. The largest absolute Gasteiger partial charge is 0.355 e. The molecule has 0 atom stereocenters. The van der Waals surface area contributed by atoms with Gasteiger partial charge in [-0.25, -0.2) is 0 Å². The SMILES string of the molecule is CNC(=O)c1cccc(NC(=O)/C=C/c2cc(C)c(C)cc2C)c1. The molecule has 0 aliphatic heterocycles. The molecule has 2 amide bonds. The molecule has 0 aliphatic carbocycles. The molecule has 124 valence electrons. The van der Waals surface area contributed by atoms with E-state index >= 15 is 0 Å². The minimum atomic E-state index is -0.235. The second kappa shape index (κ2) is 7.59. The van der Waals surface area contributed by atoms with E-state index in [0.717, 1.165) is 11.1 Å². The highest BCUT2D eigenvalue weighted by Gasteiger charge is 2.05. The number of amides is 2. The average Bonchev–Trinajstić information content (AvgIpc) is 2.56. The Morgan fingerprint density at radius 3 is 2.38 bits per heavy atom. The molecule has 4 nitrogen and oxygen atoms in total. The number of benzene rings is 2. The van der Waals surface area contributed by atoms with Crippen molar-refractivity contribution < 1.29 is 9.59 Å². The maximum absolute atomic E-state index is 12.1. The lowest BCUT2D eigenvalue weighted by Gasteiger charge is -2.07. The zero-order chi connectivity index (χ0) is 17.7. The van der Waals surface area contributed by atoms with Crippen LogP contribution in [0.4, 0.5) is 5.69 Å². The maximum Gasteiger partial charge on any atom is 0.251 e. The first-order valence-corrected chi connectivity index (χ1v) is 7.79. The van der Waals surface area contributed by atoms with E-state index in [1.165, 1.54) is 17.2 Å². The number of carbonyl (C=O) groups excluding carboxylic acids is 2. The molecule has 0 spiro atoms. The second-order valence-electron chi connectivity index (χ2n) is 5.78. The van der Waals surface area contributed by atoms with E-state index in [1.807, 2.05) is 6.92 Å². The summed E-state index contributed by atoms with van der Waals surface area (Å²) in [7, 11) is 1.57. The van der Waals surface area contributed by atoms with Crippen LogP contribution < -0.4 is 10.6 Å². The zero-order valence-corrected chi connectivity index (χ0v) is 14.4. The normalized spacial score (nSPS) is 10.7. The van der Waals surface area contributed by atoms with Gasteiger partial charge >= 0.3 is 0 Å². The van der Waals surface area contributed by atoms with Crippen LogP contribution >= 0.6 is 0 Å². The van der Waals surface area contributed by atoms with Crippen LogP contribution in [0.25, 0.3) is 6.08 Å². The molecule has 0 aliphatic rings. The highest BCUT2D eigenvalue weighted by atomic mass is 16.2. The van der Waals surface area contributed by atoms with Gasteiger partial charge in [0.1, 0.15) is 0 Å². The number of anilines is 1. The summed E-state index contributed by atoms with van der Waals surface area (Å²) < 4.78 is 0. The van der Waals surface area contributed by atoms with Gasteiger partial charge in [-0.15, -0.1) is 0 Å². The molecule has 0 saturated heterocycles. The van der Waals surface area contributed by atoms with Crippen LogP contribution in [0.2, 0.25) is 0 Å². The van der Waals surface area contributed by atoms with E-state index in [2.05, 4.69) is 36.6 Å². The van der Waals surface area contributed by atoms with Crippen molar-refractivity contribution in [3.05, 3.63) is 70.3 Å². The van der Waals surface area contributed by atoms with Crippen molar-refractivity contribution in [2.24, 2.45) is 0 Å². The first-order chi connectivity index (χ1) is 11.4. The third-order valence-electron chi connectivity index (χ3n) is 3.92. The van der Waals surface area contributed by atoms with Gasteiger partial charge in [0.25, 0.3) is 5.91 Å². The summed E-state index contributed by atoms with van der Waals surface area (Å²) >= 11 is 0. The van der Waals surface area contributed by atoms with Gasteiger partial charge in [0, 0.05) is 24.4 Å². The maximum atomic E-state index is 12.1. The van der Waals surface area contributed by atoms with E-state index in [9.17, 15) is 9.59 Å². The van der Waals surface area contributed by atoms with E-state index < -0.39 is 0 Å². The summed E-state index contributed by atoms with van der Waals surface area (Å²) in [4.78, 5) is 23.7. The molecule has 2 aromatic carbocycles. The molecule has 0 bridgehead atoms. The number of rotatable bonds is 4. The van der Waals surface area contributed by atoms with E-state index in [0.29, 0.717) is 11.3 Å². The van der Waals surface area contributed by atoms with Crippen molar-refractivity contribution in [1.82, 2.24) is 5.32 Å². The number of hydrogen-bond acceptors (Lipinski definition) is 2. The molecular formula is C20H22N2O2. The molecule has 2 N–H and O–H groups in total. The lowest BCUT2D eigenvalue weighted by Crippen LogP contribution is -2.18. The van der Waals surface area contributed by atoms with Crippen LogP contribution in [0.1, 0.15) is 32.6 Å². The van der Waals surface area contributed by atoms with Crippen LogP contribution in [-0.4, -0.2) is 18.9 Å². The molecule has 0 radical (unpaired) electrons. The smallest absolute Gasteiger partial charge is 0.251 e. The molecule has 0 fully saturated rings. The fourth-order valence-corrected chi connectivity index (χ4v) is 2.39. The highest BCUT2D eigenvalue weighted by molar-refractivity contribution is 6.03. The van der Waals surface area contributed by atoms with E-state index in [-0.39, 0.29) is 11.8 Å². The first-order valence-electron chi connectivity index (χ1n) is 7.79. The standard InChI is InChI=1S/C20H22N2O2/c1-13-10-15(3)16(11-14(13)2)8-9-19(23)22-18-7-5-6-17(12-18)20(24)21-4/h5-12H,1-4H3,(H,21,24)(H,22,23)/b9-8+. The van der Waals surface area contributed by atoms with Crippen LogP contribution in [0.15, 0.2) is 42.5 Å². The van der Waals surface area contributed by atoms with Gasteiger partial charge in [0.05, 0.1) is 0 Å². The minimum absolute atomic E-state index is 0.188. The fraction of sp³-hybridized carbons (Fsp3) is 0.200. The fourth-order valence-electron chi connectivity index (χ4n) is 2.39. The van der Waals surface area contributed by atoms with Gasteiger partial charge in [-0.05, 0) is 67.3 Å². The lowest BCUT2D eigenvalue weighted by atomic mass is 10.0. The molecular weight excluding hydrogens is 300 g/mol. The minimum Gasteiger partial charge on any atom is -0.355 e. The summed E-state index contributed by atoms with van der Waals surface area (Å²) in [6, 6.07) is 11.0. The summed E-state index contributed by atoms with van der Waals surface area (Å²) in [5.74, 6) is -0.422. The predicted octanol–water partition coefficient (Wildman–Crippen LogP) is 3.62. The van der Waals surface area contributed by atoms with Crippen LogP contribution in [0.3, 0.4) is 0 Å². The molecule has 4 heteroatoms. The Morgan fingerprint density at radius 1 is 0.958 bits per heavy atom. The topological polar surface area (TPSA) is 58.2 Å². The van der Waals surface area contributed by atoms with Crippen LogP contribution in [0, 0.1) is 20.8 Å². The Kier molecular flexibility index (Phi) is 5.53. The third-order valence-corrected chi connectivity index (χ3v) is 3.92. The highest BCUT2D eigenvalue weighted by Crippen LogP contribution is 2.17. The zero-order valence-electron chi connectivity index (χ0n) is 14.4. The monoisotopic (exact) mass is 322 g/mol. The van der Waals surface area contributed by atoms with E-state index in [4.69, 9.17) is 0 Å². The van der Waals surface area contributed by atoms with Gasteiger partial charge < -0.3 is 10.6 Å². The van der Waals surface area contributed by atoms with Crippen LogP contribution in [0.5, 0.6) is 0 Å². The van der Waals surface area contributed by atoms with E-state index in [1.54, 1.807) is 37.4 Å². The second-order valence-corrected chi connectivity index (χ2v) is 5.78. The average molecular weight is 322 g/mol. The molecule has 24 heavy (non-hydrogen) atoms. The molecule has 2 aromatic rings. The predicted molar refractivity (Wildman–Crippen MR) is 98.1 cm³/mol. The summed E-state index contributed by atoms with van der Waals surface area (Å²) in [5.41, 5.74) is 5.67. The van der Waals surface area contributed by atoms with Crippen molar-refractivity contribution in [2.75, 3.05) is 12.4 Å². The van der Waals surface area contributed by atoms with Crippen molar-refractivity contribution in [2.45, 2.75) is 20.8 Å². The Bertz CT molecular complexity index is 807. The van der Waals surface area contributed by atoms with Crippen molar-refractivity contribution in [3.8, 4) is 0 Å². The van der Waals surface area contributed by atoms with Crippen molar-refractivity contribution in [3.63, 3.8) is 0 Å². The lowest BCUT2D eigenvalue weighted by molar-refractivity contribution is -0.111. The Labute approximate surface area is 142 Å². The van der Waals surface area contributed by atoms with Gasteiger partial charge in [-0.1, -0.05) is 18.2 Å². The number of nitrogens with one attached hydrogen (secondary N) is 2. The number of aryl methyl sites for hydroxylation is 3. The molecule has 2 rings (SSSR count). The van der Waals surface area contributed by atoms with Gasteiger partial charge in [-0.2, -0.15) is 0 Å². The Morgan fingerprint density at radius 2 is 1.67 bits per heavy atom. The summed E-state index contributed by atoms with van der Waals surface area (Å²) in [5, 5.41) is 5.33.